The van der Waals surface area contributed by atoms with Crippen molar-refractivity contribution in [2.24, 2.45) is 0 Å². The molecule has 0 aliphatic heterocycles. The van der Waals surface area contributed by atoms with Gasteiger partial charge in [-0.25, -0.2) is 15.0 Å². The van der Waals surface area contributed by atoms with Crippen molar-refractivity contribution in [3.05, 3.63) is 164 Å². The summed E-state index contributed by atoms with van der Waals surface area (Å²) >= 11 is 0. The van der Waals surface area contributed by atoms with Crippen molar-refractivity contribution in [1.82, 2.24) is 15.0 Å². The summed E-state index contributed by atoms with van der Waals surface area (Å²) in [4.78, 5) is 15.8. The van der Waals surface area contributed by atoms with Gasteiger partial charge in [-0.2, -0.15) is 0 Å². The van der Waals surface area contributed by atoms with Gasteiger partial charge in [0, 0.05) is 27.5 Å². The summed E-state index contributed by atoms with van der Waals surface area (Å²) < 4.78 is 6.44. The highest BCUT2D eigenvalue weighted by molar-refractivity contribution is 6.20. The van der Waals surface area contributed by atoms with Crippen LogP contribution in [0.5, 0.6) is 0 Å². The van der Waals surface area contributed by atoms with Crippen LogP contribution in [0.4, 0.5) is 0 Å². The minimum absolute atomic E-state index is 0.609. The third-order valence-electron chi connectivity index (χ3n) is 9.51. The molecule has 8 aromatic carbocycles. The van der Waals surface area contributed by atoms with Gasteiger partial charge in [0.15, 0.2) is 17.5 Å². The van der Waals surface area contributed by atoms with E-state index in [4.69, 9.17) is 19.4 Å². The van der Waals surface area contributed by atoms with Gasteiger partial charge < -0.3 is 4.42 Å². The van der Waals surface area contributed by atoms with E-state index >= 15 is 0 Å². The third kappa shape index (κ3) is 4.49. The van der Waals surface area contributed by atoms with Gasteiger partial charge in [0.1, 0.15) is 11.2 Å². The van der Waals surface area contributed by atoms with Crippen molar-refractivity contribution in [3.63, 3.8) is 0 Å². The van der Waals surface area contributed by atoms with Crippen molar-refractivity contribution in [2.45, 2.75) is 0 Å². The highest BCUT2D eigenvalue weighted by atomic mass is 16.3. The minimum Gasteiger partial charge on any atom is -0.456 e. The lowest BCUT2D eigenvalue weighted by Gasteiger charge is -2.14. The molecule has 0 aliphatic rings. The first-order valence-electron chi connectivity index (χ1n) is 16.4. The van der Waals surface area contributed by atoms with Gasteiger partial charge in [0.05, 0.1) is 0 Å². The van der Waals surface area contributed by atoms with Crippen LogP contribution < -0.4 is 0 Å². The number of aromatic nitrogens is 3. The van der Waals surface area contributed by atoms with E-state index in [1.807, 2.05) is 18.2 Å². The van der Waals surface area contributed by atoms with Crippen LogP contribution in [0.2, 0.25) is 0 Å². The number of furan rings is 1. The zero-order chi connectivity index (χ0) is 32.3. The van der Waals surface area contributed by atoms with Gasteiger partial charge in [-0.3, -0.25) is 0 Å². The largest absolute Gasteiger partial charge is 0.456 e. The van der Waals surface area contributed by atoms with Crippen molar-refractivity contribution in [3.8, 4) is 45.3 Å². The summed E-state index contributed by atoms with van der Waals surface area (Å²) in [6.45, 7) is 0. The van der Waals surface area contributed by atoms with Gasteiger partial charge in [-0.15, -0.1) is 0 Å². The minimum atomic E-state index is 0.609. The van der Waals surface area contributed by atoms with E-state index in [0.29, 0.717) is 17.5 Å². The Morgan fingerprint density at radius 1 is 0.347 bits per heavy atom. The van der Waals surface area contributed by atoms with E-state index in [0.717, 1.165) is 65.6 Å². The molecule has 0 N–H and O–H groups in total. The Balaban J connectivity index is 1.30. The number of hydrogen-bond donors (Lipinski definition) is 0. The molecule has 10 rings (SSSR count). The van der Waals surface area contributed by atoms with Crippen molar-refractivity contribution in [1.29, 1.82) is 0 Å². The van der Waals surface area contributed by atoms with Crippen molar-refractivity contribution >= 4 is 54.3 Å². The lowest BCUT2D eigenvalue weighted by Crippen LogP contribution is -2.01. The summed E-state index contributed by atoms with van der Waals surface area (Å²) in [5, 5.41) is 8.70. The molecule has 0 atom stereocenters. The Morgan fingerprint density at radius 3 is 1.80 bits per heavy atom. The first-order chi connectivity index (χ1) is 24.3. The molecule has 0 radical (unpaired) electrons. The molecule has 0 unspecified atom stereocenters. The molecule has 2 aromatic heterocycles. The maximum Gasteiger partial charge on any atom is 0.165 e. The molecule has 0 bridgehead atoms. The van der Waals surface area contributed by atoms with Gasteiger partial charge in [0.2, 0.25) is 0 Å². The Kier molecular flexibility index (Phi) is 6.15. The van der Waals surface area contributed by atoms with E-state index in [2.05, 4.69) is 146 Å². The second-order valence-electron chi connectivity index (χ2n) is 12.4. The zero-order valence-corrected chi connectivity index (χ0v) is 26.3. The average Bonchev–Trinajstić information content (AvgIpc) is 3.54. The molecule has 49 heavy (non-hydrogen) atoms. The third-order valence-corrected chi connectivity index (χ3v) is 9.51. The van der Waals surface area contributed by atoms with Gasteiger partial charge >= 0.3 is 0 Å². The van der Waals surface area contributed by atoms with Crippen molar-refractivity contribution < 1.29 is 4.42 Å². The monoisotopic (exact) mass is 625 g/mol. The molecule has 2 heterocycles. The predicted molar refractivity (Wildman–Crippen MR) is 201 cm³/mol. The second kappa shape index (κ2) is 11.0. The van der Waals surface area contributed by atoms with Crippen LogP contribution >= 0.6 is 0 Å². The number of fused-ring (bicyclic) bond motifs is 6. The van der Waals surface area contributed by atoms with E-state index in [1.165, 1.54) is 16.5 Å². The molecule has 0 spiro atoms. The molecule has 4 nitrogen and oxygen atoms in total. The predicted octanol–water partition coefficient (Wildman–Crippen LogP) is 11.9. The molecule has 0 saturated carbocycles. The Bertz CT molecular complexity index is 2890. The van der Waals surface area contributed by atoms with Crippen LogP contribution in [0.1, 0.15) is 0 Å². The number of hydrogen-bond acceptors (Lipinski definition) is 4. The second-order valence-corrected chi connectivity index (χ2v) is 12.4. The summed E-state index contributed by atoms with van der Waals surface area (Å²) in [5.74, 6) is 1.85. The summed E-state index contributed by atoms with van der Waals surface area (Å²) in [7, 11) is 0. The fourth-order valence-corrected chi connectivity index (χ4v) is 7.21. The quantitative estimate of drug-likeness (QED) is 0.195. The standard InChI is InChI=1S/C45H27N3O/c1-2-13-29(14-3-1)33-24-25-37(36-19-9-8-18-35(33)36)44-46-43(32-23-22-28-12-4-5-15-30(28)26-32)47-45(48-44)42-34-17-7-6-16-31(34)27-40-41(42)38-20-10-11-21-39(38)49-40/h1-27H. The van der Waals surface area contributed by atoms with E-state index in [9.17, 15) is 0 Å². The number of nitrogens with zero attached hydrogens (tertiary/aromatic N) is 3. The first-order valence-corrected chi connectivity index (χ1v) is 16.4. The van der Waals surface area contributed by atoms with Gasteiger partial charge in [-0.05, 0) is 67.7 Å². The summed E-state index contributed by atoms with van der Waals surface area (Å²) in [6, 6.07) is 56.9. The topological polar surface area (TPSA) is 51.8 Å². The van der Waals surface area contributed by atoms with E-state index in [1.54, 1.807) is 0 Å². The SMILES string of the molecule is c1ccc(-c2ccc(-c3nc(-c4ccc5ccccc5c4)nc(-c4c5ccccc5cc5oc6ccccc6c45)n3)c3ccccc23)cc1. The lowest BCUT2D eigenvalue weighted by atomic mass is 9.94. The molecule has 10 aromatic rings. The van der Waals surface area contributed by atoms with Gasteiger partial charge in [-0.1, -0.05) is 140 Å². The number of rotatable bonds is 4. The maximum absolute atomic E-state index is 6.44. The highest BCUT2D eigenvalue weighted by Gasteiger charge is 2.22. The molecule has 0 amide bonds. The molecular formula is C45H27N3O. The van der Waals surface area contributed by atoms with E-state index < -0.39 is 0 Å². The molecule has 228 valence electrons. The van der Waals surface area contributed by atoms with Crippen LogP contribution in [0, 0.1) is 0 Å². The molecule has 0 fully saturated rings. The molecular weight excluding hydrogens is 599 g/mol. The molecule has 0 aliphatic carbocycles. The normalized spacial score (nSPS) is 11.7. The summed E-state index contributed by atoms with van der Waals surface area (Å²) in [6.07, 6.45) is 0. The molecule has 4 heteroatoms. The number of benzene rings is 8. The van der Waals surface area contributed by atoms with Gasteiger partial charge in [0.25, 0.3) is 0 Å². The Labute approximate surface area is 282 Å². The lowest BCUT2D eigenvalue weighted by molar-refractivity contribution is 0.669. The van der Waals surface area contributed by atoms with Crippen LogP contribution in [0.3, 0.4) is 0 Å². The van der Waals surface area contributed by atoms with E-state index in [-0.39, 0.29) is 0 Å². The van der Waals surface area contributed by atoms with Crippen LogP contribution in [0.25, 0.3) is 99.5 Å². The number of para-hydroxylation sites is 1. The van der Waals surface area contributed by atoms with Crippen LogP contribution in [-0.2, 0) is 0 Å². The highest BCUT2D eigenvalue weighted by Crippen LogP contribution is 2.42. The Morgan fingerprint density at radius 2 is 0.959 bits per heavy atom. The first kappa shape index (κ1) is 27.5. The fraction of sp³-hybridized carbons (Fsp3) is 0. The van der Waals surface area contributed by atoms with Crippen LogP contribution in [-0.4, -0.2) is 15.0 Å². The maximum atomic E-state index is 6.44. The van der Waals surface area contributed by atoms with Crippen LogP contribution in [0.15, 0.2) is 168 Å². The molecule has 0 saturated heterocycles. The smallest absolute Gasteiger partial charge is 0.165 e. The van der Waals surface area contributed by atoms with Crippen molar-refractivity contribution in [2.75, 3.05) is 0 Å². The average molecular weight is 626 g/mol. The zero-order valence-electron chi connectivity index (χ0n) is 26.3. The Hall–Kier alpha value is -6.65. The summed E-state index contributed by atoms with van der Waals surface area (Å²) in [5.41, 5.74) is 6.81. The fourth-order valence-electron chi connectivity index (χ4n) is 7.21.